The van der Waals surface area contributed by atoms with E-state index in [1.807, 2.05) is 36.4 Å². The Kier molecular flexibility index (Phi) is 4.50. The van der Waals surface area contributed by atoms with Gasteiger partial charge in [-0.15, -0.1) is 0 Å². The van der Waals surface area contributed by atoms with Gasteiger partial charge in [0.15, 0.2) is 5.75 Å². The SMILES string of the molecule is O=S(=O)(Oc1ccccc1-c1ccc(Br)cc1)c1ccccc1. The third-order valence-electron chi connectivity index (χ3n) is 3.27. The van der Waals surface area contributed by atoms with Crippen LogP contribution in [0.5, 0.6) is 5.75 Å². The van der Waals surface area contributed by atoms with Crippen molar-refractivity contribution in [3.8, 4) is 16.9 Å². The standard InChI is InChI=1S/C18H13BrO3S/c19-15-12-10-14(11-13-15)17-8-4-5-9-18(17)22-23(20,21)16-6-2-1-3-7-16/h1-13H. The van der Waals surface area contributed by atoms with Crippen molar-refractivity contribution in [1.82, 2.24) is 0 Å². The molecule has 0 saturated carbocycles. The minimum Gasteiger partial charge on any atom is -0.378 e. The molecule has 0 saturated heterocycles. The molecular weight excluding hydrogens is 376 g/mol. The molecule has 0 atom stereocenters. The Morgan fingerprint density at radius 2 is 1.35 bits per heavy atom. The van der Waals surface area contributed by atoms with Crippen LogP contribution in [0.15, 0.2) is 88.2 Å². The van der Waals surface area contributed by atoms with Crippen LogP contribution in [0.1, 0.15) is 0 Å². The van der Waals surface area contributed by atoms with E-state index in [1.165, 1.54) is 12.1 Å². The molecular formula is C18H13BrO3S. The normalized spacial score (nSPS) is 11.2. The maximum absolute atomic E-state index is 12.4. The van der Waals surface area contributed by atoms with Gasteiger partial charge in [0.2, 0.25) is 0 Å². The zero-order chi connectivity index (χ0) is 16.3. The van der Waals surface area contributed by atoms with Gasteiger partial charge in [0.1, 0.15) is 4.90 Å². The van der Waals surface area contributed by atoms with Crippen molar-refractivity contribution in [3.05, 3.63) is 83.3 Å². The summed E-state index contributed by atoms with van der Waals surface area (Å²) >= 11 is 3.39. The Balaban J connectivity index is 2.00. The molecule has 0 unspecified atom stereocenters. The Labute approximate surface area is 143 Å². The lowest BCUT2D eigenvalue weighted by atomic mass is 10.1. The highest BCUT2D eigenvalue weighted by Gasteiger charge is 2.18. The third kappa shape index (κ3) is 3.63. The first-order valence-electron chi connectivity index (χ1n) is 6.91. The molecule has 3 rings (SSSR count). The molecule has 0 aromatic heterocycles. The molecule has 5 heteroatoms. The second-order valence-corrected chi connectivity index (χ2v) is 7.32. The lowest BCUT2D eigenvalue weighted by Crippen LogP contribution is -2.10. The molecule has 0 fully saturated rings. The van der Waals surface area contributed by atoms with E-state index in [-0.39, 0.29) is 4.90 Å². The van der Waals surface area contributed by atoms with Gasteiger partial charge in [0.25, 0.3) is 0 Å². The fourth-order valence-electron chi connectivity index (χ4n) is 2.16. The summed E-state index contributed by atoms with van der Waals surface area (Å²) in [7, 11) is -3.86. The molecule has 3 aromatic carbocycles. The lowest BCUT2D eigenvalue weighted by Gasteiger charge is -2.11. The monoisotopic (exact) mass is 388 g/mol. The van der Waals surface area contributed by atoms with Gasteiger partial charge in [-0.2, -0.15) is 8.42 Å². The number of rotatable bonds is 4. The van der Waals surface area contributed by atoms with E-state index < -0.39 is 10.1 Å². The van der Waals surface area contributed by atoms with Crippen LogP contribution in [0, 0.1) is 0 Å². The molecule has 23 heavy (non-hydrogen) atoms. The summed E-state index contributed by atoms with van der Waals surface area (Å²) in [4.78, 5) is 0.130. The van der Waals surface area contributed by atoms with E-state index in [1.54, 1.807) is 30.3 Å². The fourth-order valence-corrected chi connectivity index (χ4v) is 3.39. The molecule has 0 aliphatic rings. The number of hydrogen-bond donors (Lipinski definition) is 0. The summed E-state index contributed by atoms with van der Waals surface area (Å²) in [6, 6.07) is 22.8. The molecule has 0 heterocycles. The molecule has 116 valence electrons. The highest BCUT2D eigenvalue weighted by Crippen LogP contribution is 2.32. The molecule has 0 spiro atoms. The molecule has 0 bridgehead atoms. The number of benzene rings is 3. The average Bonchev–Trinajstić information content (AvgIpc) is 2.57. The van der Waals surface area contributed by atoms with E-state index >= 15 is 0 Å². The van der Waals surface area contributed by atoms with Crippen molar-refractivity contribution >= 4 is 26.0 Å². The topological polar surface area (TPSA) is 43.4 Å². The van der Waals surface area contributed by atoms with Crippen LogP contribution in [0.25, 0.3) is 11.1 Å². The third-order valence-corrected chi connectivity index (χ3v) is 5.05. The summed E-state index contributed by atoms with van der Waals surface area (Å²) in [5.74, 6) is 0.304. The van der Waals surface area contributed by atoms with Crippen molar-refractivity contribution < 1.29 is 12.6 Å². The van der Waals surface area contributed by atoms with Gasteiger partial charge in [-0.25, -0.2) is 0 Å². The van der Waals surface area contributed by atoms with Gasteiger partial charge in [0, 0.05) is 10.0 Å². The van der Waals surface area contributed by atoms with Crippen molar-refractivity contribution in [2.24, 2.45) is 0 Å². The van der Waals surface area contributed by atoms with Crippen LogP contribution < -0.4 is 4.18 Å². The van der Waals surface area contributed by atoms with E-state index in [4.69, 9.17) is 4.18 Å². The highest BCUT2D eigenvalue weighted by molar-refractivity contribution is 9.10. The Bertz CT molecular complexity index is 905. The molecule has 0 amide bonds. The zero-order valence-electron chi connectivity index (χ0n) is 12.0. The van der Waals surface area contributed by atoms with Gasteiger partial charge in [-0.05, 0) is 35.9 Å². The minimum atomic E-state index is -3.86. The second-order valence-electron chi connectivity index (χ2n) is 4.85. The zero-order valence-corrected chi connectivity index (χ0v) is 14.4. The molecule has 0 N–H and O–H groups in total. The van der Waals surface area contributed by atoms with Crippen LogP contribution in [0.4, 0.5) is 0 Å². The molecule has 0 aliphatic carbocycles. The van der Waals surface area contributed by atoms with Gasteiger partial charge >= 0.3 is 10.1 Å². The first-order valence-corrected chi connectivity index (χ1v) is 9.11. The van der Waals surface area contributed by atoms with E-state index in [0.717, 1.165) is 15.6 Å². The Morgan fingerprint density at radius 3 is 2.04 bits per heavy atom. The summed E-state index contributed by atoms with van der Waals surface area (Å²) in [6.07, 6.45) is 0. The molecule has 0 radical (unpaired) electrons. The van der Waals surface area contributed by atoms with Crippen LogP contribution in [-0.4, -0.2) is 8.42 Å². The van der Waals surface area contributed by atoms with E-state index in [9.17, 15) is 8.42 Å². The van der Waals surface area contributed by atoms with Gasteiger partial charge < -0.3 is 4.18 Å². The smallest absolute Gasteiger partial charge is 0.339 e. The summed E-state index contributed by atoms with van der Waals surface area (Å²) < 4.78 is 31.1. The van der Waals surface area contributed by atoms with Gasteiger partial charge in [-0.3, -0.25) is 0 Å². The van der Waals surface area contributed by atoms with E-state index in [2.05, 4.69) is 15.9 Å². The van der Waals surface area contributed by atoms with Crippen molar-refractivity contribution in [1.29, 1.82) is 0 Å². The maximum Gasteiger partial charge on any atom is 0.339 e. The first kappa shape index (κ1) is 15.8. The second kappa shape index (κ2) is 6.56. The summed E-state index contributed by atoms with van der Waals surface area (Å²) in [5, 5.41) is 0. The molecule has 0 aliphatic heterocycles. The van der Waals surface area contributed by atoms with Gasteiger partial charge in [-0.1, -0.05) is 64.5 Å². The predicted octanol–water partition coefficient (Wildman–Crippen LogP) is 4.88. The largest absolute Gasteiger partial charge is 0.378 e. The highest BCUT2D eigenvalue weighted by atomic mass is 79.9. The number of hydrogen-bond acceptors (Lipinski definition) is 3. The van der Waals surface area contributed by atoms with Crippen LogP contribution >= 0.6 is 15.9 Å². The average molecular weight is 389 g/mol. The fraction of sp³-hybridized carbons (Fsp3) is 0. The molecule has 3 nitrogen and oxygen atoms in total. The van der Waals surface area contributed by atoms with Crippen LogP contribution in [-0.2, 0) is 10.1 Å². The van der Waals surface area contributed by atoms with Gasteiger partial charge in [0.05, 0.1) is 0 Å². The summed E-state index contributed by atoms with van der Waals surface area (Å²) in [5.41, 5.74) is 1.60. The predicted molar refractivity (Wildman–Crippen MR) is 93.8 cm³/mol. The number of para-hydroxylation sites is 1. The van der Waals surface area contributed by atoms with Crippen LogP contribution in [0.2, 0.25) is 0 Å². The first-order chi connectivity index (χ1) is 11.1. The summed E-state index contributed by atoms with van der Waals surface area (Å²) in [6.45, 7) is 0. The maximum atomic E-state index is 12.4. The van der Waals surface area contributed by atoms with Crippen LogP contribution in [0.3, 0.4) is 0 Å². The van der Waals surface area contributed by atoms with E-state index in [0.29, 0.717) is 5.75 Å². The minimum absolute atomic E-state index is 0.130. The lowest BCUT2D eigenvalue weighted by molar-refractivity contribution is 0.487. The Morgan fingerprint density at radius 1 is 0.739 bits per heavy atom. The van der Waals surface area contributed by atoms with Crippen molar-refractivity contribution in [2.45, 2.75) is 4.90 Å². The molecule has 3 aromatic rings. The van der Waals surface area contributed by atoms with Crippen molar-refractivity contribution in [2.75, 3.05) is 0 Å². The van der Waals surface area contributed by atoms with Crippen molar-refractivity contribution in [3.63, 3.8) is 0 Å². The number of halogens is 1. The Hall–Kier alpha value is -2.11. The quantitative estimate of drug-likeness (QED) is 0.597.